The van der Waals surface area contributed by atoms with Gasteiger partial charge in [-0.2, -0.15) is 4.98 Å². The lowest BCUT2D eigenvalue weighted by Crippen LogP contribution is -2.44. The number of ether oxygens (including phenoxy) is 1. The zero-order valence-electron chi connectivity index (χ0n) is 21.6. The van der Waals surface area contributed by atoms with Gasteiger partial charge in [0.1, 0.15) is 11.4 Å². The average Bonchev–Trinajstić information content (AvgIpc) is 2.92. The third-order valence-electron chi connectivity index (χ3n) is 6.17. The van der Waals surface area contributed by atoms with Crippen molar-refractivity contribution in [2.75, 3.05) is 48.8 Å². The Hall–Kier alpha value is -3.86. The van der Waals surface area contributed by atoms with Gasteiger partial charge in [-0.25, -0.2) is 4.98 Å². The van der Waals surface area contributed by atoms with Gasteiger partial charge < -0.3 is 30.9 Å². The second kappa shape index (κ2) is 12.3. The monoisotopic (exact) mass is 569 g/mol. The largest absolute Gasteiger partial charge is 0.436 e. The van der Waals surface area contributed by atoms with Crippen molar-refractivity contribution in [3.63, 3.8) is 0 Å². The molecule has 1 aliphatic heterocycles. The molecule has 3 aromatic rings. The van der Waals surface area contributed by atoms with Gasteiger partial charge in [0.2, 0.25) is 11.8 Å². The summed E-state index contributed by atoms with van der Waals surface area (Å²) in [5, 5.41) is 6.14. The molecule has 4 N–H and O–H groups in total. The number of primary amides is 1. The van der Waals surface area contributed by atoms with Crippen LogP contribution in [0.2, 0.25) is 10.0 Å². The van der Waals surface area contributed by atoms with Crippen LogP contribution in [0.15, 0.2) is 49.1 Å². The molecule has 0 saturated carbocycles. The molecule has 0 bridgehead atoms. The van der Waals surface area contributed by atoms with Crippen LogP contribution in [0.1, 0.15) is 23.1 Å². The van der Waals surface area contributed by atoms with Crippen LogP contribution in [0.3, 0.4) is 0 Å². The highest BCUT2D eigenvalue weighted by Gasteiger charge is 2.21. The van der Waals surface area contributed by atoms with Crippen LogP contribution in [-0.4, -0.2) is 59.9 Å². The molecular formula is C27H29Cl2N7O3. The number of benzene rings is 2. The van der Waals surface area contributed by atoms with Crippen molar-refractivity contribution in [2.45, 2.75) is 13.3 Å². The van der Waals surface area contributed by atoms with Crippen LogP contribution in [0.25, 0.3) is 0 Å². The van der Waals surface area contributed by atoms with Gasteiger partial charge in [-0.1, -0.05) is 36.7 Å². The maximum atomic E-state index is 12.2. The van der Waals surface area contributed by atoms with E-state index >= 15 is 0 Å². The first-order valence-corrected chi connectivity index (χ1v) is 13.1. The first kappa shape index (κ1) is 28.2. The zero-order valence-corrected chi connectivity index (χ0v) is 23.1. The minimum Gasteiger partial charge on any atom is -0.436 e. The minimum atomic E-state index is -0.737. The molecule has 0 atom stereocenters. The predicted octanol–water partition coefficient (Wildman–Crippen LogP) is 4.86. The Bertz CT molecular complexity index is 1390. The summed E-state index contributed by atoms with van der Waals surface area (Å²) in [5.41, 5.74) is 8.08. The fourth-order valence-electron chi connectivity index (χ4n) is 3.97. The Morgan fingerprint density at radius 1 is 1.10 bits per heavy atom. The number of carbonyl (C=O) groups excluding carboxylic acids is 2. The van der Waals surface area contributed by atoms with Gasteiger partial charge in [-0.15, -0.1) is 0 Å². The number of rotatable bonds is 9. The molecule has 0 spiro atoms. The number of aromatic nitrogens is 2. The maximum Gasteiger partial charge on any atom is 0.271 e. The summed E-state index contributed by atoms with van der Waals surface area (Å²) in [4.78, 5) is 37.6. The van der Waals surface area contributed by atoms with E-state index in [0.29, 0.717) is 17.8 Å². The third-order valence-corrected chi connectivity index (χ3v) is 6.78. The van der Waals surface area contributed by atoms with E-state index in [1.807, 2.05) is 31.2 Å². The first-order chi connectivity index (χ1) is 18.7. The molecule has 4 rings (SSSR count). The molecule has 204 valence electrons. The van der Waals surface area contributed by atoms with Gasteiger partial charge in [0.05, 0.1) is 15.7 Å². The summed E-state index contributed by atoms with van der Waals surface area (Å²) in [7, 11) is 2.12. The number of amides is 2. The number of aryl methyl sites for hydroxylation is 1. The van der Waals surface area contributed by atoms with E-state index in [9.17, 15) is 9.59 Å². The molecule has 12 heteroatoms. The van der Waals surface area contributed by atoms with Crippen molar-refractivity contribution < 1.29 is 14.3 Å². The molecular weight excluding hydrogens is 541 g/mol. The molecule has 0 unspecified atom stereocenters. The summed E-state index contributed by atoms with van der Waals surface area (Å²) in [6, 6.07) is 10.7. The number of anilines is 4. The predicted molar refractivity (Wildman–Crippen MR) is 155 cm³/mol. The van der Waals surface area contributed by atoms with E-state index < -0.39 is 11.8 Å². The smallest absolute Gasteiger partial charge is 0.271 e. The summed E-state index contributed by atoms with van der Waals surface area (Å²) < 4.78 is 6.02. The Morgan fingerprint density at radius 3 is 2.41 bits per heavy atom. The number of halogens is 2. The number of likely N-dealkylation sites (N-methyl/N-ethyl adjacent to an activating group) is 1. The highest BCUT2D eigenvalue weighted by Crippen LogP contribution is 2.38. The van der Waals surface area contributed by atoms with Crippen molar-refractivity contribution in [2.24, 2.45) is 5.73 Å². The van der Waals surface area contributed by atoms with E-state index in [0.717, 1.165) is 37.9 Å². The van der Waals surface area contributed by atoms with Gasteiger partial charge in [0, 0.05) is 43.6 Å². The Balaban J connectivity index is 1.63. The Kier molecular flexibility index (Phi) is 8.90. The lowest BCUT2D eigenvalue weighted by molar-refractivity contribution is -0.111. The lowest BCUT2D eigenvalue weighted by atomic mass is 10.2. The maximum absolute atomic E-state index is 12.2. The number of hydrogen-bond donors (Lipinski definition) is 3. The zero-order chi connectivity index (χ0) is 28.1. The van der Waals surface area contributed by atoms with Crippen molar-refractivity contribution in [1.82, 2.24) is 14.9 Å². The molecule has 2 amide bonds. The topological polar surface area (TPSA) is 126 Å². The quantitative estimate of drug-likeness (QED) is 0.312. The number of nitrogens with two attached hydrogens (primary N) is 1. The molecule has 1 fully saturated rings. The van der Waals surface area contributed by atoms with Crippen molar-refractivity contribution >= 4 is 57.9 Å². The van der Waals surface area contributed by atoms with Gasteiger partial charge in [-0.05, 0) is 49.9 Å². The van der Waals surface area contributed by atoms with E-state index in [4.69, 9.17) is 33.7 Å². The summed E-state index contributed by atoms with van der Waals surface area (Å²) in [6.07, 6.45) is 1.51. The number of hydrogen-bond acceptors (Lipinski definition) is 8. The molecule has 10 nitrogen and oxygen atoms in total. The molecule has 1 saturated heterocycles. The van der Waals surface area contributed by atoms with E-state index in [1.165, 1.54) is 12.1 Å². The highest BCUT2D eigenvalue weighted by atomic mass is 35.5. The molecule has 0 radical (unpaired) electrons. The summed E-state index contributed by atoms with van der Waals surface area (Å²) in [5.74, 6) is -0.760. The van der Waals surface area contributed by atoms with Gasteiger partial charge >= 0.3 is 0 Å². The van der Waals surface area contributed by atoms with Crippen LogP contribution in [0.4, 0.5) is 22.9 Å². The van der Waals surface area contributed by atoms with Gasteiger partial charge in [-0.3, -0.25) is 9.59 Å². The third kappa shape index (κ3) is 6.78. The molecule has 0 aliphatic carbocycles. The first-order valence-electron chi connectivity index (χ1n) is 12.3. The Labute approximate surface area is 236 Å². The lowest BCUT2D eigenvalue weighted by Gasteiger charge is -2.34. The minimum absolute atomic E-state index is 0.0246. The molecule has 1 aliphatic rings. The fraction of sp³-hybridized carbons (Fsp3) is 0.259. The van der Waals surface area contributed by atoms with Crippen molar-refractivity contribution in [1.29, 1.82) is 0 Å². The molecule has 2 aromatic carbocycles. The number of nitrogens with zero attached hydrogens (tertiary/aromatic N) is 4. The number of carbonyl (C=O) groups is 2. The number of nitrogens with one attached hydrogen (secondary N) is 2. The van der Waals surface area contributed by atoms with Gasteiger partial charge in [0.25, 0.3) is 5.91 Å². The summed E-state index contributed by atoms with van der Waals surface area (Å²) in [6.45, 7) is 9.18. The second-order valence-electron chi connectivity index (χ2n) is 8.91. The Morgan fingerprint density at radius 2 is 1.79 bits per heavy atom. The van der Waals surface area contributed by atoms with Crippen LogP contribution < -0.4 is 26.0 Å². The molecule has 2 heterocycles. The normalized spacial score (nSPS) is 13.6. The molecule has 39 heavy (non-hydrogen) atoms. The highest BCUT2D eigenvalue weighted by molar-refractivity contribution is 6.37. The molecule has 1 aromatic heterocycles. The standard InChI is InChI=1S/C27H29Cl2N7O3/c1-4-20-27(39-22-15-21(32-23(37)5-2)18(28)14-19(22)29)34-26(24(33-20)25(30)38)31-16-6-8-17(9-7-16)36-12-10-35(3)11-13-36/h5-9,14-15H,2,4,10-13H2,1,3H3,(H2,30,38)(H,31,34)(H,32,37). The number of piperazine rings is 1. The van der Waals surface area contributed by atoms with Crippen LogP contribution >= 0.6 is 23.2 Å². The van der Waals surface area contributed by atoms with Crippen LogP contribution in [0, 0.1) is 0 Å². The van der Waals surface area contributed by atoms with E-state index in [-0.39, 0.29) is 38.9 Å². The average molecular weight is 570 g/mol. The summed E-state index contributed by atoms with van der Waals surface area (Å²) >= 11 is 12.6. The SMILES string of the molecule is C=CC(=O)Nc1cc(Oc2nc(Nc3ccc(N4CCN(C)CC4)cc3)c(C(N)=O)nc2CC)c(Cl)cc1Cl. The van der Waals surface area contributed by atoms with E-state index in [2.05, 4.69) is 44.0 Å². The fourth-order valence-corrected chi connectivity index (χ4v) is 4.44. The van der Waals surface area contributed by atoms with Gasteiger partial charge in [0.15, 0.2) is 11.5 Å². The van der Waals surface area contributed by atoms with Crippen molar-refractivity contribution in [3.8, 4) is 11.6 Å². The van der Waals surface area contributed by atoms with Crippen LogP contribution in [0.5, 0.6) is 11.6 Å². The van der Waals surface area contributed by atoms with Crippen molar-refractivity contribution in [3.05, 3.63) is 70.5 Å². The van der Waals surface area contributed by atoms with E-state index in [1.54, 1.807) is 0 Å². The van der Waals surface area contributed by atoms with Crippen LogP contribution in [-0.2, 0) is 11.2 Å². The second-order valence-corrected chi connectivity index (χ2v) is 9.72.